The number of amides is 2. The minimum absolute atomic E-state index is 0.122. The molecule has 5 rings (SSSR count). The van der Waals surface area contributed by atoms with Crippen molar-refractivity contribution in [2.75, 3.05) is 6.54 Å². The van der Waals surface area contributed by atoms with E-state index in [-0.39, 0.29) is 42.6 Å². The van der Waals surface area contributed by atoms with E-state index in [0.29, 0.717) is 30.0 Å². The molecule has 0 saturated carbocycles. The fraction of sp³-hybridized carbons (Fsp3) is 0.250. The van der Waals surface area contributed by atoms with Crippen LogP contribution in [0, 0.1) is 12.7 Å². The molecule has 1 aliphatic heterocycles. The van der Waals surface area contributed by atoms with Crippen molar-refractivity contribution in [3.05, 3.63) is 124 Å². The lowest BCUT2D eigenvalue weighted by molar-refractivity contribution is -0.132. The average molecular weight is 527 g/mol. The van der Waals surface area contributed by atoms with Crippen molar-refractivity contribution in [3.8, 4) is 5.75 Å². The molecular formula is C32H31FN2O4. The van der Waals surface area contributed by atoms with E-state index in [9.17, 15) is 14.0 Å². The number of fused-ring (bicyclic) bond motifs is 1. The maximum Gasteiger partial charge on any atom is 0.287 e. The molecule has 0 spiro atoms. The van der Waals surface area contributed by atoms with E-state index in [1.54, 1.807) is 24.3 Å². The number of halogens is 1. The lowest BCUT2D eigenvalue weighted by atomic mass is 9.87. The topological polar surface area (TPSA) is 71.8 Å². The number of carbonyl (C=O) groups excluding carboxylic acids is 2. The second-order valence-corrected chi connectivity index (χ2v) is 9.74. The summed E-state index contributed by atoms with van der Waals surface area (Å²) in [7, 11) is 0. The van der Waals surface area contributed by atoms with Crippen LogP contribution in [0.5, 0.6) is 5.75 Å². The van der Waals surface area contributed by atoms with E-state index in [4.69, 9.17) is 9.15 Å². The van der Waals surface area contributed by atoms with Crippen LogP contribution in [0.3, 0.4) is 0 Å². The molecule has 1 unspecified atom stereocenters. The number of carbonyl (C=O) groups is 2. The van der Waals surface area contributed by atoms with Crippen LogP contribution in [0.2, 0.25) is 0 Å². The van der Waals surface area contributed by atoms with Gasteiger partial charge in [-0.2, -0.15) is 0 Å². The summed E-state index contributed by atoms with van der Waals surface area (Å²) in [6.07, 6.45) is 1.24. The Morgan fingerprint density at radius 3 is 2.69 bits per heavy atom. The van der Waals surface area contributed by atoms with Gasteiger partial charge in [-0.25, -0.2) is 4.39 Å². The molecular weight excluding hydrogens is 495 g/mol. The second-order valence-electron chi connectivity index (χ2n) is 9.74. The molecule has 6 nitrogen and oxygen atoms in total. The van der Waals surface area contributed by atoms with E-state index in [0.717, 1.165) is 23.1 Å². The molecule has 7 heteroatoms. The Morgan fingerprint density at radius 2 is 1.90 bits per heavy atom. The number of hydrogen-bond donors (Lipinski definition) is 1. The highest BCUT2D eigenvalue weighted by atomic mass is 19.1. The molecule has 1 aromatic heterocycles. The molecule has 1 aliphatic rings. The standard InChI is InChI=1S/C32H31FN2O4/c1-3-30(36)35-15-14-23-10-11-26(18-28(23)31(35)24-8-4-6-21(2)16-24)38-20-27-12-13-29(39-27)32(37)34-19-22-7-5-9-25(33)17-22/h4-13,16-18,31H,3,14-15,19-20H2,1-2H3,(H,34,37). The van der Waals surface area contributed by atoms with Gasteiger partial charge in [-0.1, -0.05) is 55.0 Å². The zero-order chi connectivity index (χ0) is 27.4. The summed E-state index contributed by atoms with van der Waals surface area (Å²) in [4.78, 5) is 27.3. The highest BCUT2D eigenvalue weighted by Crippen LogP contribution is 2.38. The van der Waals surface area contributed by atoms with Gasteiger partial charge in [-0.3, -0.25) is 9.59 Å². The first kappa shape index (κ1) is 26.2. The number of ether oxygens (including phenoxy) is 1. The minimum Gasteiger partial charge on any atom is -0.486 e. The van der Waals surface area contributed by atoms with Crippen LogP contribution >= 0.6 is 0 Å². The molecule has 0 saturated heterocycles. The van der Waals surface area contributed by atoms with Gasteiger partial charge >= 0.3 is 0 Å². The Morgan fingerprint density at radius 1 is 1.05 bits per heavy atom. The van der Waals surface area contributed by atoms with Crippen LogP contribution in [-0.4, -0.2) is 23.3 Å². The molecule has 1 N–H and O–H groups in total. The molecule has 2 heterocycles. The first-order valence-electron chi connectivity index (χ1n) is 13.1. The van der Waals surface area contributed by atoms with Gasteiger partial charge < -0.3 is 19.4 Å². The molecule has 0 bridgehead atoms. The number of aryl methyl sites for hydroxylation is 1. The third-order valence-electron chi connectivity index (χ3n) is 6.93. The monoisotopic (exact) mass is 526 g/mol. The predicted molar refractivity (Wildman–Crippen MR) is 146 cm³/mol. The summed E-state index contributed by atoms with van der Waals surface area (Å²) in [5.74, 6) is 0.700. The van der Waals surface area contributed by atoms with Gasteiger partial charge in [0.25, 0.3) is 5.91 Å². The molecule has 200 valence electrons. The number of hydrogen-bond acceptors (Lipinski definition) is 4. The normalized spacial score (nSPS) is 14.5. The summed E-state index contributed by atoms with van der Waals surface area (Å²) in [5.41, 5.74) is 5.14. The molecule has 39 heavy (non-hydrogen) atoms. The molecule has 0 fully saturated rings. The largest absolute Gasteiger partial charge is 0.486 e. The number of nitrogens with one attached hydrogen (secondary N) is 1. The summed E-state index contributed by atoms with van der Waals surface area (Å²) >= 11 is 0. The highest BCUT2D eigenvalue weighted by Gasteiger charge is 2.31. The lowest BCUT2D eigenvalue weighted by Crippen LogP contribution is -2.40. The van der Waals surface area contributed by atoms with Gasteiger partial charge in [0.2, 0.25) is 5.91 Å². The van der Waals surface area contributed by atoms with Crippen LogP contribution < -0.4 is 10.1 Å². The van der Waals surface area contributed by atoms with Gasteiger partial charge in [-0.05, 0) is 72.0 Å². The lowest BCUT2D eigenvalue weighted by Gasteiger charge is -2.38. The third kappa shape index (κ3) is 6.03. The third-order valence-corrected chi connectivity index (χ3v) is 6.93. The Kier molecular flexibility index (Phi) is 7.77. The molecule has 4 aromatic rings. The summed E-state index contributed by atoms with van der Waals surface area (Å²) < 4.78 is 25.1. The minimum atomic E-state index is -0.388. The van der Waals surface area contributed by atoms with E-state index >= 15 is 0 Å². The Labute approximate surface area is 227 Å². The molecule has 0 aliphatic carbocycles. The maximum atomic E-state index is 13.4. The Bertz CT molecular complexity index is 1500. The number of benzene rings is 3. The van der Waals surface area contributed by atoms with Crippen molar-refractivity contribution >= 4 is 11.8 Å². The SMILES string of the molecule is CCC(=O)N1CCc2ccc(OCc3ccc(C(=O)NCc4cccc(F)c4)o3)cc2C1c1cccc(C)c1. The molecule has 2 amide bonds. The van der Waals surface area contributed by atoms with Crippen LogP contribution in [-0.2, 0) is 24.4 Å². The van der Waals surface area contributed by atoms with E-state index in [1.807, 2.05) is 30.0 Å². The van der Waals surface area contributed by atoms with Gasteiger partial charge in [0, 0.05) is 19.5 Å². The van der Waals surface area contributed by atoms with Gasteiger partial charge in [-0.15, -0.1) is 0 Å². The van der Waals surface area contributed by atoms with Crippen molar-refractivity contribution in [2.24, 2.45) is 0 Å². The zero-order valence-corrected chi connectivity index (χ0v) is 22.1. The fourth-order valence-corrected chi connectivity index (χ4v) is 5.00. The number of nitrogens with zero attached hydrogens (tertiary/aromatic N) is 1. The van der Waals surface area contributed by atoms with Crippen LogP contribution in [0.25, 0.3) is 0 Å². The second kappa shape index (κ2) is 11.6. The number of furan rings is 1. The van der Waals surface area contributed by atoms with Crippen molar-refractivity contribution in [1.82, 2.24) is 10.2 Å². The maximum absolute atomic E-state index is 13.4. The summed E-state index contributed by atoms with van der Waals surface area (Å²) in [6, 6.07) is 23.5. The number of rotatable bonds is 8. The summed E-state index contributed by atoms with van der Waals surface area (Å²) in [6.45, 7) is 4.96. The van der Waals surface area contributed by atoms with Crippen molar-refractivity contribution in [3.63, 3.8) is 0 Å². The van der Waals surface area contributed by atoms with E-state index in [1.165, 1.54) is 17.7 Å². The highest BCUT2D eigenvalue weighted by molar-refractivity contribution is 5.91. The van der Waals surface area contributed by atoms with Crippen LogP contribution in [0.4, 0.5) is 4.39 Å². The van der Waals surface area contributed by atoms with Crippen molar-refractivity contribution in [1.29, 1.82) is 0 Å². The Balaban J connectivity index is 1.29. The zero-order valence-electron chi connectivity index (χ0n) is 22.1. The molecule has 3 aromatic carbocycles. The van der Waals surface area contributed by atoms with Gasteiger partial charge in [0.15, 0.2) is 5.76 Å². The summed E-state index contributed by atoms with van der Waals surface area (Å²) in [5, 5.41) is 2.73. The first-order chi connectivity index (χ1) is 18.9. The average Bonchev–Trinajstić information content (AvgIpc) is 3.43. The van der Waals surface area contributed by atoms with E-state index < -0.39 is 0 Å². The predicted octanol–water partition coefficient (Wildman–Crippen LogP) is 6.12. The van der Waals surface area contributed by atoms with Crippen molar-refractivity contribution < 1.29 is 23.1 Å². The first-order valence-corrected chi connectivity index (χ1v) is 13.1. The molecule has 0 radical (unpaired) electrons. The van der Waals surface area contributed by atoms with Crippen molar-refractivity contribution in [2.45, 2.75) is 45.9 Å². The van der Waals surface area contributed by atoms with Gasteiger partial charge in [0.1, 0.15) is 23.9 Å². The van der Waals surface area contributed by atoms with Crippen LogP contribution in [0.15, 0.2) is 83.3 Å². The fourth-order valence-electron chi connectivity index (χ4n) is 5.00. The van der Waals surface area contributed by atoms with E-state index in [2.05, 4.69) is 36.5 Å². The van der Waals surface area contributed by atoms with Gasteiger partial charge in [0.05, 0.1) is 6.04 Å². The smallest absolute Gasteiger partial charge is 0.287 e. The quantitative estimate of drug-likeness (QED) is 0.300. The molecule has 1 atom stereocenters. The Hall–Kier alpha value is -4.39. The van der Waals surface area contributed by atoms with Crippen LogP contribution in [0.1, 0.15) is 63.5 Å².